The van der Waals surface area contributed by atoms with Gasteiger partial charge in [-0.3, -0.25) is 0 Å². The maximum Gasteiger partial charge on any atom is 0.225 e. The number of hydrogen-bond donors (Lipinski definition) is 0. The van der Waals surface area contributed by atoms with Gasteiger partial charge in [-0.2, -0.15) is 0 Å². The second-order valence-corrected chi connectivity index (χ2v) is 4.68. The highest BCUT2D eigenvalue weighted by molar-refractivity contribution is 9.09. The van der Waals surface area contributed by atoms with E-state index >= 15 is 0 Å². The number of halogens is 2. The molecule has 0 radical (unpaired) electrons. The molecule has 0 spiro atoms. The molecule has 76 valence electrons. The number of rotatable bonds is 1. The third-order valence-electron chi connectivity index (χ3n) is 2.25. The summed E-state index contributed by atoms with van der Waals surface area (Å²) in [6, 6.07) is 0. The molecule has 1 unspecified atom stereocenters. The molecule has 1 aliphatic rings. The predicted octanol–water partition coefficient (Wildman–Crippen LogP) is 1.98. The fourth-order valence-electron chi connectivity index (χ4n) is 1.58. The number of hydrogen-bond acceptors (Lipinski definition) is 3. The van der Waals surface area contributed by atoms with E-state index in [2.05, 4.69) is 30.8 Å². The quantitative estimate of drug-likeness (QED) is 0.723. The highest BCUT2D eigenvalue weighted by Gasteiger charge is 2.19. The summed E-state index contributed by atoms with van der Waals surface area (Å²) >= 11 is 3.57. The van der Waals surface area contributed by atoms with Crippen LogP contribution in [0.15, 0.2) is 12.4 Å². The SMILES string of the molecule is Fc1cnc(N2CCCC(Br)C2)nc1. The Morgan fingerprint density at radius 1 is 1.43 bits per heavy atom. The van der Waals surface area contributed by atoms with Gasteiger partial charge in [0.25, 0.3) is 0 Å². The molecule has 14 heavy (non-hydrogen) atoms. The second kappa shape index (κ2) is 4.21. The van der Waals surface area contributed by atoms with Crippen LogP contribution < -0.4 is 4.90 Å². The molecular weight excluding hydrogens is 249 g/mol. The number of aromatic nitrogens is 2. The van der Waals surface area contributed by atoms with Crippen LogP contribution in [0.5, 0.6) is 0 Å². The summed E-state index contributed by atoms with van der Waals surface area (Å²) < 4.78 is 12.6. The van der Waals surface area contributed by atoms with Crippen LogP contribution in [0.25, 0.3) is 0 Å². The average molecular weight is 260 g/mol. The molecule has 2 rings (SSSR count). The van der Waals surface area contributed by atoms with Gasteiger partial charge in [0.15, 0.2) is 5.82 Å². The zero-order valence-electron chi connectivity index (χ0n) is 7.66. The van der Waals surface area contributed by atoms with Crippen molar-refractivity contribution in [2.75, 3.05) is 18.0 Å². The Hall–Kier alpha value is -0.710. The van der Waals surface area contributed by atoms with Crippen LogP contribution in [0.4, 0.5) is 10.3 Å². The molecule has 1 fully saturated rings. The maximum absolute atomic E-state index is 12.6. The molecule has 0 aromatic carbocycles. The van der Waals surface area contributed by atoms with Gasteiger partial charge < -0.3 is 4.90 Å². The van der Waals surface area contributed by atoms with Crippen molar-refractivity contribution in [3.05, 3.63) is 18.2 Å². The topological polar surface area (TPSA) is 29.0 Å². The van der Waals surface area contributed by atoms with E-state index in [1.165, 1.54) is 18.8 Å². The minimum atomic E-state index is -0.388. The molecule has 1 aliphatic heterocycles. The fraction of sp³-hybridized carbons (Fsp3) is 0.556. The molecule has 0 N–H and O–H groups in total. The Labute approximate surface area is 90.5 Å². The largest absolute Gasteiger partial charge is 0.340 e. The first-order chi connectivity index (χ1) is 6.75. The van der Waals surface area contributed by atoms with Crippen molar-refractivity contribution < 1.29 is 4.39 Å². The first-order valence-corrected chi connectivity index (χ1v) is 5.54. The van der Waals surface area contributed by atoms with E-state index in [1.54, 1.807) is 0 Å². The van der Waals surface area contributed by atoms with E-state index in [1.807, 2.05) is 0 Å². The Morgan fingerprint density at radius 3 is 2.79 bits per heavy atom. The van der Waals surface area contributed by atoms with E-state index in [-0.39, 0.29) is 5.82 Å². The molecule has 0 saturated carbocycles. The van der Waals surface area contributed by atoms with E-state index in [0.29, 0.717) is 10.8 Å². The molecule has 0 amide bonds. The third-order valence-corrected chi connectivity index (χ3v) is 3.00. The van der Waals surface area contributed by atoms with Crippen LogP contribution in [-0.4, -0.2) is 27.9 Å². The summed E-state index contributed by atoms with van der Waals surface area (Å²) in [4.78, 5) is 10.5. The van der Waals surface area contributed by atoms with E-state index in [0.717, 1.165) is 19.5 Å². The number of alkyl halides is 1. The van der Waals surface area contributed by atoms with Crippen LogP contribution in [0, 0.1) is 5.82 Å². The number of piperidine rings is 1. The summed E-state index contributed by atoms with van der Waals surface area (Å²) in [5.74, 6) is 0.233. The Kier molecular flexibility index (Phi) is 2.96. The monoisotopic (exact) mass is 259 g/mol. The van der Waals surface area contributed by atoms with Gasteiger partial charge in [-0.05, 0) is 12.8 Å². The summed E-state index contributed by atoms with van der Waals surface area (Å²) in [6.45, 7) is 1.85. The molecule has 2 heterocycles. The van der Waals surface area contributed by atoms with Gasteiger partial charge in [0.2, 0.25) is 5.95 Å². The summed E-state index contributed by atoms with van der Waals surface area (Å²) in [5, 5.41) is 0. The summed E-state index contributed by atoms with van der Waals surface area (Å²) in [5.41, 5.74) is 0. The molecule has 0 aliphatic carbocycles. The summed E-state index contributed by atoms with van der Waals surface area (Å²) in [7, 11) is 0. The zero-order chi connectivity index (χ0) is 9.97. The van der Waals surface area contributed by atoms with Crippen LogP contribution in [0.3, 0.4) is 0 Å². The van der Waals surface area contributed by atoms with Crippen molar-refractivity contribution in [3.8, 4) is 0 Å². The van der Waals surface area contributed by atoms with Gasteiger partial charge in [0, 0.05) is 17.9 Å². The van der Waals surface area contributed by atoms with Gasteiger partial charge in [-0.25, -0.2) is 14.4 Å². The molecule has 1 atom stereocenters. The first kappa shape index (κ1) is 9.83. The second-order valence-electron chi connectivity index (χ2n) is 3.39. The molecular formula is C9H11BrFN3. The van der Waals surface area contributed by atoms with E-state index in [4.69, 9.17) is 0 Å². The van der Waals surface area contributed by atoms with Crippen molar-refractivity contribution in [2.45, 2.75) is 17.7 Å². The van der Waals surface area contributed by atoms with Crippen molar-refractivity contribution in [1.29, 1.82) is 0 Å². The standard InChI is InChI=1S/C9H11BrFN3/c10-7-2-1-3-14(6-7)9-12-4-8(11)5-13-9/h4-5,7H,1-3,6H2. The lowest BCUT2D eigenvalue weighted by atomic mass is 10.1. The lowest BCUT2D eigenvalue weighted by Crippen LogP contribution is -2.36. The number of nitrogens with zero attached hydrogens (tertiary/aromatic N) is 3. The molecule has 3 nitrogen and oxygen atoms in total. The lowest BCUT2D eigenvalue weighted by molar-refractivity contribution is 0.576. The lowest BCUT2D eigenvalue weighted by Gasteiger charge is -2.29. The van der Waals surface area contributed by atoms with Crippen LogP contribution in [0.1, 0.15) is 12.8 Å². The molecule has 1 aromatic heterocycles. The first-order valence-electron chi connectivity index (χ1n) is 4.62. The Balaban J connectivity index is 2.10. The zero-order valence-corrected chi connectivity index (χ0v) is 9.24. The number of anilines is 1. The van der Waals surface area contributed by atoms with E-state index in [9.17, 15) is 4.39 Å². The molecule has 1 aromatic rings. The van der Waals surface area contributed by atoms with Gasteiger partial charge >= 0.3 is 0 Å². The highest BCUT2D eigenvalue weighted by Crippen LogP contribution is 2.19. The van der Waals surface area contributed by atoms with E-state index < -0.39 is 0 Å². The van der Waals surface area contributed by atoms with Crippen molar-refractivity contribution in [1.82, 2.24) is 9.97 Å². The average Bonchev–Trinajstić information content (AvgIpc) is 2.19. The van der Waals surface area contributed by atoms with Crippen LogP contribution >= 0.6 is 15.9 Å². The van der Waals surface area contributed by atoms with Crippen LogP contribution in [-0.2, 0) is 0 Å². The van der Waals surface area contributed by atoms with Gasteiger partial charge in [0.05, 0.1) is 12.4 Å². The molecule has 1 saturated heterocycles. The molecule has 0 bridgehead atoms. The smallest absolute Gasteiger partial charge is 0.225 e. The van der Waals surface area contributed by atoms with Gasteiger partial charge in [0.1, 0.15) is 0 Å². The van der Waals surface area contributed by atoms with Gasteiger partial charge in [-0.15, -0.1) is 0 Å². The van der Waals surface area contributed by atoms with Crippen molar-refractivity contribution >= 4 is 21.9 Å². The maximum atomic E-state index is 12.6. The third kappa shape index (κ3) is 2.20. The summed E-state index contributed by atoms with van der Waals surface area (Å²) in [6.07, 6.45) is 4.72. The van der Waals surface area contributed by atoms with Gasteiger partial charge in [-0.1, -0.05) is 15.9 Å². The molecule has 5 heteroatoms. The Morgan fingerprint density at radius 2 is 2.14 bits per heavy atom. The fourth-order valence-corrected chi connectivity index (χ4v) is 2.25. The minimum Gasteiger partial charge on any atom is -0.340 e. The van der Waals surface area contributed by atoms with Crippen molar-refractivity contribution in [2.24, 2.45) is 0 Å². The van der Waals surface area contributed by atoms with Crippen molar-refractivity contribution in [3.63, 3.8) is 0 Å². The normalized spacial score (nSPS) is 22.4. The van der Waals surface area contributed by atoms with Crippen LogP contribution in [0.2, 0.25) is 0 Å². The highest BCUT2D eigenvalue weighted by atomic mass is 79.9. The Bertz CT molecular complexity index is 303. The predicted molar refractivity (Wildman–Crippen MR) is 56.2 cm³/mol. The minimum absolute atomic E-state index is 0.388.